The van der Waals surface area contributed by atoms with E-state index in [1.54, 1.807) is 23.6 Å². The quantitative estimate of drug-likeness (QED) is 0.328. The summed E-state index contributed by atoms with van der Waals surface area (Å²) in [4.78, 5) is 33.5. The van der Waals surface area contributed by atoms with Gasteiger partial charge in [-0.1, -0.05) is 35.6 Å². The second kappa shape index (κ2) is 8.70. The molecule has 2 aromatic heterocycles. The predicted octanol–water partition coefficient (Wildman–Crippen LogP) is 6.16. The number of Topliss-reactive ketones (excluding diaryl/α,β-unsaturated/α-hetero) is 1. The number of amides is 1. The molecule has 1 N–H and O–H groups in total. The first kappa shape index (κ1) is 22.3. The highest BCUT2D eigenvalue weighted by Crippen LogP contribution is 2.45. The zero-order valence-electron chi connectivity index (χ0n) is 18.9. The van der Waals surface area contributed by atoms with Crippen LogP contribution in [-0.2, 0) is 4.79 Å². The number of ketones is 1. The molecule has 0 saturated carbocycles. The van der Waals surface area contributed by atoms with Gasteiger partial charge in [0.15, 0.2) is 10.9 Å². The van der Waals surface area contributed by atoms with Crippen LogP contribution in [0.3, 0.4) is 0 Å². The molecule has 0 fully saturated rings. The van der Waals surface area contributed by atoms with E-state index in [9.17, 15) is 14.7 Å². The van der Waals surface area contributed by atoms with Gasteiger partial charge in [-0.2, -0.15) is 0 Å². The Morgan fingerprint density at radius 2 is 2.00 bits per heavy atom. The monoisotopic (exact) mass is 490 g/mol. The first-order valence-electron chi connectivity index (χ1n) is 10.8. The summed E-state index contributed by atoms with van der Waals surface area (Å²) >= 11 is 2.64. The van der Waals surface area contributed by atoms with Gasteiger partial charge in [-0.15, -0.1) is 11.3 Å². The Labute approximate surface area is 204 Å². The highest BCUT2D eigenvalue weighted by atomic mass is 32.1. The van der Waals surface area contributed by atoms with Crippen molar-refractivity contribution in [2.45, 2.75) is 26.8 Å². The molecule has 3 heterocycles. The van der Waals surface area contributed by atoms with Crippen molar-refractivity contribution in [3.8, 4) is 5.75 Å². The van der Waals surface area contributed by atoms with Crippen LogP contribution in [0.1, 0.15) is 39.3 Å². The number of nitrogens with zero attached hydrogens (tertiary/aromatic N) is 2. The van der Waals surface area contributed by atoms with Crippen LogP contribution in [0, 0.1) is 13.8 Å². The summed E-state index contributed by atoms with van der Waals surface area (Å²) in [5.74, 6) is -0.932. The predicted molar refractivity (Wildman–Crippen MR) is 135 cm³/mol. The molecule has 0 spiro atoms. The largest absolute Gasteiger partial charge is 0.503 e. The molecule has 0 radical (unpaired) electrons. The minimum atomic E-state index is -0.829. The normalized spacial score (nSPS) is 16.0. The van der Waals surface area contributed by atoms with Crippen LogP contribution in [0.15, 0.2) is 65.2 Å². The molecule has 2 aromatic carbocycles. The summed E-state index contributed by atoms with van der Waals surface area (Å²) in [7, 11) is 0. The number of carbonyl (C=O) groups excluding carboxylic acids is 2. The average Bonchev–Trinajstić information content (AvgIpc) is 3.53. The Kier molecular flexibility index (Phi) is 5.71. The minimum absolute atomic E-state index is 0.0493. The van der Waals surface area contributed by atoms with Gasteiger partial charge in [0.05, 0.1) is 33.3 Å². The van der Waals surface area contributed by atoms with E-state index in [4.69, 9.17) is 9.72 Å². The van der Waals surface area contributed by atoms with Crippen LogP contribution in [0.5, 0.6) is 5.75 Å². The standard InChI is InChI=1S/C26H22N2O4S2/c1-4-32-17-8-5-7-16(13-17)22-20(23(29)18-9-6-10-33-18)24(30)25(31)28(22)26-27-21-15(3)11-14(2)12-19(21)34-26/h5-13,22,30H,4H2,1-3H3. The van der Waals surface area contributed by atoms with E-state index < -0.39 is 17.7 Å². The Balaban J connectivity index is 1.69. The highest BCUT2D eigenvalue weighted by Gasteiger charge is 2.46. The third-order valence-corrected chi connectivity index (χ3v) is 7.58. The summed E-state index contributed by atoms with van der Waals surface area (Å²) in [5.41, 5.74) is 3.62. The number of hydrogen-bond donors (Lipinski definition) is 1. The van der Waals surface area contributed by atoms with E-state index in [1.165, 1.54) is 27.6 Å². The number of aliphatic hydroxyl groups excluding tert-OH is 1. The van der Waals surface area contributed by atoms with E-state index in [2.05, 4.69) is 0 Å². The maximum atomic E-state index is 13.5. The first-order valence-corrected chi connectivity index (χ1v) is 12.5. The zero-order valence-corrected chi connectivity index (χ0v) is 20.5. The van der Waals surface area contributed by atoms with Gasteiger partial charge in [0.2, 0.25) is 5.78 Å². The van der Waals surface area contributed by atoms with Gasteiger partial charge in [-0.3, -0.25) is 14.5 Å². The molecular weight excluding hydrogens is 468 g/mol. The first-order chi connectivity index (χ1) is 16.4. The third-order valence-electron chi connectivity index (χ3n) is 5.71. The van der Waals surface area contributed by atoms with E-state index in [-0.39, 0.29) is 11.4 Å². The van der Waals surface area contributed by atoms with Gasteiger partial charge in [0.25, 0.3) is 5.91 Å². The summed E-state index contributed by atoms with van der Waals surface area (Å²) in [6.45, 7) is 6.37. The molecule has 1 atom stereocenters. The number of benzene rings is 2. The van der Waals surface area contributed by atoms with Crippen molar-refractivity contribution in [2.75, 3.05) is 11.5 Å². The lowest BCUT2D eigenvalue weighted by molar-refractivity contribution is -0.117. The molecule has 1 amide bonds. The fourth-order valence-electron chi connectivity index (χ4n) is 4.29. The molecular formula is C26H22N2O4S2. The molecule has 5 rings (SSSR count). The summed E-state index contributed by atoms with van der Waals surface area (Å²) in [5, 5.41) is 13.2. The van der Waals surface area contributed by atoms with Gasteiger partial charge in [0.1, 0.15) is 5.75 Å². The number of carbonyl (C=O) groups is 2. The molecule has 1 aliphatic heterocycles. The summed E-state index contributed by atoms with van der Waals surface area (Å²) < 4.78 is 6.61. The van der Waals surface area contributed by atoms with E-state index in [1.807, 2.05) is 51.1 Å². The van der Waals surface area contributed by atoms with Crippen LogP contribution in [0.2, 0.25) is 0 Å². The summed E-state index contributed by atoms with van der Waals surface area (Å²) in [6.07, 6.45) is 0. The number of ether oxygens (including phenoxy) is 1. The molecule has 1 aliphatic rings. The van der Waals surface area contributed by atoms with Crippen molar-refractivity contribution in [1.82, 2.24) is 4.98 Å². The lowest BCUT2D eigenvalue weighted by Crippen LogP contribution is -2.31. The third kappa shape index (κ3) is 3.69. The van der Waals surface area contributed by atoms with E-state index in [0.29, 0.717) is 27.9 Å². The Hall–Kier alpha value is -3.49. The number of aliphatic hydroxyl groups is 1. The van der Waals surface area contributed by atoms with Gasteiger partial charge in [-0.25, -0.2) is 4.98 Å². The second-order valence-corrected chi connectivity index (χ2v) is 10.0. The zero-order chi connectivity index (χ0) is 24.0. The number of aromatic nitrogens is 1. The van der Waals surface area contributed by atoms with Crippen molar-refractivity contribution < 1.29 is 19.4 Å². The maximum absolute atomic E-state index is 13.5. The molecule has 34 heavy (non-hydrogen) atoms. The lowest BCUT2D eigenvalue weighted by Gasteiger charge is -2.24. The topological polar surface area (TPSA) is 79.7 Å². The molecule has 0 bridgehead atoms. The molecule has 4 aromatic rings. The van der Waals surface area contributed by atoms with Crippen molar-refractivity contribution in [2.24, 2.45) is 0 Å². The number of fused-ring (bicyclic) bond motifs is 1. The van der Waals surface area contributed by atoms with Crippen LogP contribution < -0.4 is 9.64 Å². The van der Waals surface area contributed by atoms with Crippen molar-refractivity contribution >= 4 is 49.7 Å². The van der Waals surface area contributed by atoms with Crippen LogP contribution in [0.4, 0.5) is 5.13 Å². The second-order valence-electron chi connectivity index (χ2n) is 8.08. The fourth-order valence-corrected chi connectivity index (χ4v) is 6.14. The van der Waals surface area contributed by atoms with Gasteiger partial charge >= 0.3 is 0 Å². The van der Waals surface area contributed by atoms with Gasteiger partial charge in [0, 0.05) is 0 Å². The van der Waals surface area contributed by atoms with Gasteiger partial charge in [-0.05, 0) is 67.1 Å². The van der Waals surface area contributed by atoms with Crippen molar-refractivity contribution in [3.05, 3.63) is 86.8 Å². The Morgan fingerprint density at radius 3 is 2.74 bits per heavy atom. The van der Waals surface area contributed by atoms with Crippen LogP contribution >= 0.6 is 22.7 Å². The van der Waals surface area contributed by atoms with E-state index in [0.717, 1.165) is 21.3 Å². The smallest absolute Gasteiger partial charge is 0.296 e. The van der Waals surface area contributed by atoms with Crippen molar-refractivity contribution in [3.63, 3.8) is 0 Å². The number of rotatable bonds is 6. The SMILES string of the molecule is CCOc1cccc(C2C(C(=O)c3cccs3)=C(O)C(=O)N2c2nc3c(C)cc(C)cc3s2)c1. The average molecular weight is 491 g/mol. The maximum Gasteiger partial charge on any atom is 0.296 e. The number of hydrogen-bond acceptors (Lipinski definition) is 7. The minimum Gasteiger partial charge on any atom is -0.503 e. The molecule has 6 nitrogen and oxygen atoms in total. The number of aryl methyl sites for hydroxylation is 2. The molecule has 0 aliphatic carbocycles. The summed E-state index contributed by atoms with van der Waals surface area (Å²) in [6, 6.07) is 14.0. The van der Waals surface area contributed by atoms with Crippen LogP contribution in [0.25, 0.3) is 10.2 Å². The highest BCUT2D eigenvalue weighted by molar-refractivity contribution is 7.22. The van der Waals surface area contributed by atoms with E-state index >= 15 is 0 Å². The van der Waals surface area contributed by atoms with Crippen molar-refractivity contribution in [1.29, 1.82) is 0 Å². The Bertz CT molecular complexity index is 1450. The number of thiazole rings is 1. The molecule has 8 heteroatoms. The molecule has 1 unspecified atom stereocenters. The lowest BCUT2D eigenvalue weighted by atomic mass is 9.95. The number of anilines is 1. The van der Waals surface area contributed by atoms with Crippen LogP contribution in [-0.4, -0.2) is 28.4 Å². The number of thiophene rings is 1. The fraction of sp³-hybridized carbons (Fsp3) is 0.192. The van der Waals surface area contributed by atoms with Gasteiger partial charge < -0.3 is 9.84 Å². The Morgan fingerprint density at radius 1 is 1.18 bits per heavy atom. The molecule has 172 valence electrons. The molecule has 0 saturated heterocycles.